The lowest BCUT2D eigenvalue weighted by atomic mass is 10.0. The normalized spacial score (nSPS) is 12.2. The zero-order valence-corrected chi connectivity index (χ0v) is 15.9. The monoisotopic (exact) mass is 405 g/mol. The average Bonchev–Trinajstić information content (AvgIpc) is 2.98. The van der Waals surface area contributed by atoms with Crippen LogP contribution in [0.4, 0.5) is 18.0 Å². The molecule has 6 nitrogen and oxygen atoms in total. The van der Waals surface area contributed by atoms with Gasteiger partial charge in [-0.3, -0.25) is 4.79 Å². The van der Waals surface area contributed by atoms with Gasteiger partial charge in [-0.05, 0) is 51.1 Å². The highest BCUT2D eigenvalue weighted by Crippen LogP contribution is 2.35. The third-order valence-electron chi connectivity index (χ3n) is 3.99. The molecule has 2 N–H and O–H groups in total. The fourth-order valence-electron chi connectivity index (χ4n) is 2.77. The summed E-state index contributed by atoms with van der Waals surface area (Å²) in [5.41, 5.74) is 4.32. The smallest absolute Gasteiger partial charge is 0.435 e. The largest absolute Gasteiger partial charge is 0.442 e. The molecule has 1 heterocycles. The maximum Gasteiger partial charge on any atom is 0.435 e. The molecule has 0 saturated carbocycles. The molecule has 1 aromatic heterocycles. The number of ether oxygens (including phenoxy) is 1. The molecule has 29 heavy (non-hydrogen) atoms. The minimum absolute atomic E-state index is 0.0901. The number of primary amides is 1. The number of hydrogen-bond acceptors (Lipinski definition) is 4. The minimum atomic E-state index is -4.57. The quantitative estimate of drug-likeness (QED) is 0.675. The number of nitrogens with two attached hydrogens (primary N) is 1. The molecule has 3 aromatic rings. The summed E-state index contributed by atoms with van der Waals surface area (Å²) in [5, 5.41) is 4.28. The van der Waals surface area contributed by atoms with Crippen molar-refractivity contribution in [1.29, 1.82) is 0 Å². The summed E-state index contributed by atoms with van der Waals surface area (Å²) in [6, 6.07) is 8.92. The number of fused-ring (bicyclic) bond motifs is 1. The van der Waals surface area contributed by atoms with Crippen LogP contribution in [0.25, 0.3) is 22.2 Å². The van der Waals surface area contributed by atoms with Crippen LogP contribution in [0.1, 0.15) is 36.7 Å². The highest BCUT2D eigenvalue weighted by atomic mass is 19.4. The zero-order chi connectivity index (χ0) is 21.6. The van der Waals surface area contributed by atoms with Crippen LogP contribution in [0.5, 0.6) is 0 Å². The van der Waals surface area contributed by atoms with E-state index in [4.69, 9.17) is 10.5 Å². The maximum absolute atomic E-state index is 13.2. The molecule has 0 fully saturated rings. The number of aromatic nitrogens is 2. The second-order valence-corrected chi connectivity index (χ2v) is 7.42. The first-order valence-corrected chi connectivity index (χ1v) is 8.60. The Morgan fingerprint density at radius 1 is 1.07 bits per heavy atom. The lowest BCUT2D eigenvalue weighted by molar-refractivity contribution is -0.137. The van der Waals surface area contributed by atoms with Gasteiger partial charge in [0, 0.05) is 16.5 Å². The molecular weight excluding hydrogens is 387 g/mol. The van der Waals surface area contributed by atoms with Gasteiger partial charge in [0.15, 0.2) is 0 Å². The predicted molar refractivity (Wildman–Crippen MR) is 100 cm³/mol. The highest BCUT2D eigenvalue weighted by molar-refractivity contribution is 6.00. The second-order valence-electron chi connectivity index (χ2n) is 7.42. The van der Waals surface area contributed by atoms with Gasteiger partial charge >= 0.3 is 12.3 Å². The van der Waals surface area contributed by atoms with Crippen LogP contribution in [0.15, 0.2) is 42.5 Å². The van der Waals surface area contributed by atoms with E-state index in [-0.39, 0.29) is 22.2 Å². The van der Waals surface area contributed by atoms with Crippen molar-refractivity contribution in [3.63, 3.8) is 0 Å². The zero-order valence-electron chi connectivity index (χ0n) is 15.9. The summed E-state index contributed by atoms with van der Waals surface area (Å²) in [4.78, 5) is 24.0. The van der Waals surface area contributed by atoms with E-state index in [1.165, 1.54) is 18.2 Å². The number of amides is 1. The summed E-state index contributed by atoms with van der Waals surface area (Å²) in [5.74, 6) is -0.696. The summed E-state index contributed by atoms with van der Waals surface area (Å²) < 4.78 is 45.9. The average molecular weight is 405 g/mol. The Hall–Kier alpha value is -3.36. The Morgan fingerprint density at radius 3 is 2.34 bits per heavy atom. The van der Waals surface area contributed by atoms with Crippen molar-refractivity contribution in [2.75, 3.05) is 0 Å². The number of alkyl halides is 3. The lowest BCUT2D eigenvalue weighted by Gasteiger charge is -2.19. The molecule has 0 unspecified atom stereocenters. The third-order valence-corrected chi connectivity index (χ3v) is 3.99. The number of nitrogens with zero attached hydrogens (tertiary/aromatic N) is 2. The number of halogens is 3. The predicted octanol–water partition coefficient (Wildman–Crippen LogP) is 4.60. The molecule has 2 aromatic carbocycles. The Balaban J connectivity index is 2.26. The van der Waals surface area contributed by atoms with Gasteiger partial charge < -0.3 is 10.5 Å². The van der Waals surface area contributed by atoms with Crippen molar-refractivity contribution in [2.24, 2.45) is 5.73 Å². The standard InChI is InChI=1S/C20H18F3N3O3/c1-19(2,3)29-18(28)26-15-8-7-13(20(21,22)23)10-14(15)16(25-26)11-5-4-6-12(9-11)17(24)27/h4-10H,1-3H3,(H2,24,27). The van der Waals surface area contributed by atoms with Gasteiger partial charge in [-0.1, -0.05) is 12.1 Å². The third kappa shape index (κ3) is 4.23. The van der Waals surface area contributed by atoms with Gasteiger partial charge in [0.2, 0.25) is 5.91 Å². The van der Waals surface area contributed by atoms with Crippen molar-refractivity contribution in [1.82, 2.24) is 9.78 Å². The van der Waals surface area contributed by atoms with Gasteiger partial charge in [-0.2, -0.15) is 23.0 Å². The Morgan fingerprint density at radius 2 is 1.76 bits per heavy atom. The van der Waals surface area contributed by atoms with E-state index < -0.39 is 29.3 Å². The van der Waals surface area contributed by atoms with E-state index in [9.17, 15) is 22.8 Å². The summed E-state index contributed by atoms with van der Waals surface area (Å²) >= 11 is 0. The SMILES string of the molecule is CC(C)(C)OC(=O)n1nc(-c2cccc(C(N)=O)c2)c2cc(C(F)(F)F)ccc21. The van der Waals surface area contributed by atoms with Crippen LogP contribution in [0.2, 0.25) is 0 Å². The highest BCUT2D eigenvalue weighted by Gasteiger charge is 2.32. The van der Waals surface area contributed by atoms with Crippen molar-refractivity contribution in [3.8, 4) is 11.3 Å². The fraction of sp³-hybridized carbons (Fsp3) is 0.250. The number of hydrogen-bond donors (Lipinski definition) is 1. The van der Waals surface area contributed by atoms with Crippen molar-refractivity contribution in [2.45, 2.75) is 32.5 Å². The minimum Gasteiger partial charge on any atom is -0.442 e. The number of rotatable bonds is 2. The first kappa shape index (κ1) is 20.4. The Labute approximate surface area is 164 Å². The molecule has 3 rings (SSSR count). The van der Waals surface area contributed by atoms with Crippen LogP contribution in [-0.2, 0) is 10.9 Å². The number of carbonyl (C=O) groups excluding carboxylic acids is 2. The summed E-state index contributed by atoms with van der Waals surface area (Å²) in [6.45, 7) is 4.99. The lowest BCUT2D eigenvalue weighted by Crippen LogP contribution is -2.27. The first-order valence-electron chi connectivity index (χ1n) is 8.60. The van der Waals surface area contributed by atoms with Crippen LogP contribution in [0.3, 0.4) is 0 Å². The molecule has 0 radical (unpaired) electrons. The molecule has 0 atom stereocenters. The van der Waals surface area contributed by atoms with Gasteiger partial charge in [0.25, 0.3) is 0 Å². The topological polar surface area (TPSA) is 87.2 Å². The van der Waals surface area contributed by atoms with Gasteiger partial charge in [0.1, 0.15) is 11.3 Å². The molecule has 1 amide bonds. The van der Waals surface area contributed by atoms with Gasteiger partial charge in [-0.15, -0.1) is 0 Å². The molecule has 0 aliphatic heterocycles. The fourth-order valence-corrected chi connectivity index (χ4v) is 2.77. The van der Waals surface area contributed by atoms with E-state index in [1.807, 2.05) is 0 Å². The van der Waals surface area contributed by atoms with E-state index in [2.05, 4.69) is 5.10 Å². The van der Waals surface area contributed by atoms with E-state index in [0.29, 0.717) is 5.56 Å². The Kier molecular flexibility index (Phi) is 4.86. The van der Waals surface area contributed by atoms with Crippen molar-refractivity contribution < 1.29 is 27.5 Å². The van der Waals surface area contributed by atoms with E-state index in [1.54, 1.807) is 26.8 Å². The van der Waals surface area contributed by atoms with Crippen LogP contribution in [-0.4, -0.2) is 27.4 Å². The number of carbonyl (C=O) groups is 2. The molecule has 9 heteroatoms. The maximum atomic E-state index is 13.2. The molecular formula is C20H18F3N3O3. The van der Waals surface area contributed by atoms with Gasteiger partial charge in [0.05, 0.1) is 11.1 Å². The molecule has 0 aliphatic carbocycles. The van der Waals surface area contributed by atoms with Crippen LogP contribution in [0, 0.1) is 0 Å². The van der Waals surface area contributed by atoms with Crippen LogP contribution < -0.4 is 5.73 Å². The van der Waals surface area contributed by atoms with E-state index in [0.717, 1.165) is 22.9 Å². The molecule has 152 valence electrons. The molecule has 0 spiro atoms. The van der Waals surface area contributed by atoms with Crippen molar-refractivity contribution >= 4 is 22.9 Å². The summed E-state index contributed by atoms with van der Waals surface area (Å²) in [7, 11) is 0. The second kappa shape index (κ2) is 6.91. The molecule has 0 aliphatic rings. The summed E-state index contributed by atoms with van der Waals surface area (Å²) in [6.07, 6.45) is -5.41. The van der Waals surface area contributed by atoms with E-state index >= 15 is 0 Å². The Bertz CT molecular complexity index is 1110. The van der Waals surface area contributed by atoms with Crippen molar-refractivity contribution in [3.05, 3.63) is 53.6 Å². The first-order chi connectivity index (χ1) is 13.4. The molecule has 0 saturated heterocycles. The molecule has 0 bridgehead atoms. The van der Waals surface area contributed by atoms with Crippen LogP contribution >= 0.6 is 0 Å². The van der Waals surface area contributed by atoms with Gasteiger partial charge in [-0.25, -0.2) is 4.79 Å². The number of benzene rings is 2.